The summed E-state index contributed by atoms with van der Waals surface area (Å²) in [6.07, 6.45) is 3.52. The second-order valence-electron chi connectivity index (χ2n) is 7.04. The number of likely N-dealkylation sites (tertiary alicyclic amines) is 1. The number of rotatable bonds is 7. The molecule has 3 atom stereocenters. The Kier molecular flexibility index (Phi) is 7.29. The van der Waals surface area contributed by atoms with E-state index in [1.807, 2.05) is 25.8 Å². The molecule has 1 N–H and O–H groups in total. The molecule has 0 aliphatic carbocycles. The molecule has 1 fully saturated rings. The van der Waals surface area contributed by atoms with E-state index in [0.717, 1.165) is 25.8 Å². The van der Waals surface area contributed by atoms with Crippen LogP contribution < -0.4 is 10.1 Å². The van der Waals surface area contributed by atoms with Crippen LogP contribution in [0.5, 0.6) is 5.75 Å². The molecule has 0 radical (unpaired) electrons. The molecule has 1 unspecified atom stereocenters. The Hall–Kier alpha value is -2.48. The summed E-state index contributed by atoms with van der Waals surface area (Å²) in [6, 6.07) is 4.29. The van der Waals surface area contributed by atoms with Crippen LogP contribution in [-0.4, -0.2) is 47.4 Å². The van der Waals surface area contributed by atoms with Crippen LogP contribution in [0.15, 0.2) is 24.3 Å². The zero-order chi connectivity index (χ0) is 20.0. The number of nitrogens with zero attached hydrogens (tertiary/aromatic N) is 2. The molecule has 8 nitrogen and oxygen atoms in total. The third kappa shape index (κ3) is 5.50. The van der Waals surface area contributed by atoms with E-state index in [4.69, 9.17) is 4.74 Å². The minimum Gasteiger partial charge on any atom is -0.425 e. The third-order valence-corrected chi connectivity index (χ3v) is 5.10. The maximum absolute atomic E-state index is 12.7. The van der Waals surface area contributed by atoms with Gasteiger partial charge >= 0.3 is 5.97 Å². The number of non-ortho nitro benzene ring substituents is 1. The molecule has 1 aliphatic rings. The number of piperidine rings is 1. The lowest BCUT2D eigenvalue weighted by molar-refractivity contribution is -0.384. The minimum atomic E-state index is -0.770. The van der Waals surface area contributed by atoms with E-state index in [0.29, 0.717) is 6.42 Å². The van der Waals surface area contributed by atoms with E-state index >= 15 is 0 Å². The van der Waals surface area contributed by atoms with Gasteiger partial charge < -0.3 is 10.1 Å². The number of amides is 1. The molecule has 1 amide bonds. The number of hydrogen-bond acceptors (Lipinski definition) is 6. The number of hydrogen-bond donors (Lipinski definition) is 1. The average molecular weight is 377 g/mol. The summed E-state index contributed by atoms with van der Waals surface area (Å²) >= 11 is 0. The van der Waals surface area contributed by atoms with Crippen molar-refractivity contribution in [3.8, 4) is 5.75 Å². The summed E-state index contributed by atoms with van der Waals surface area (Å²) in [5.41, 5.74) is -0.0816. The first kappa shape index (κ1) is 20.8. The highest BCUT2D eigenvalue weighted by molar-refractivity contribution is 5.88. The number of nitrogens with one attached hydrogen (secondary N) is 1. The smallest absolute Gasteiger partial charge is 0.334 e. The summed E-state index contributed by atoms with van der Waals surface area (Å²) < 4.78 is 5.36. The zero-order valence-electron chi connectivity index (χ0n) is 16.0. The van der Waals surface area contributed by atoms with Crippen molar-refractivity contribution in [3.05, 3.63) is 34.4 Å². The van der Waals surface area contributed by atoms with Gasteiger partial charge in [-0.15, -0.1) is 0 Å². The molecule has 8 heteroatoms. The number of carbonyl (C=O) groups is 2. The first-order valence-electron chi connectivity index (χ1n) is 9.30. The van der Waals surface area contributed by atoms with Gasteiger partial charge in [0.05, 0.1) is 11.0 Å². The summed E-state index contributed by atoms with van der Waals surface area (Å²) in [6.45, 7) is 4.68. The molecule has 1 saturated heterocycles. The normalized spacial score (nSPS) is 19.7. The molecular weight excluding hydrogens is 350 g/mol. The Morgan fingerprint density at radius 1 is 1.33 bits per heavy atom. The van der Waals surface area contributed by atoms with Crippen LogP contribution in [0.4, 0.5) is 5.69 Å². The lowest BCUT2D eigenvalue weighted by Crippen LogP contribution is -2.54. The summed E-state index contributed by atoms with van der Waals surface area (Å²) in [5, 5.41) is 13.6. The van der Waals surface area contributed by atoms with Gasteiger partial charge in [-0.05, 0) is 44.5 Å². The van der Waals surface area contributed by atoms with Gasteiger partial charge in [0.2, 0.25) is 5.91 Å². The van der Waals surface area contributed by atoms with E-state index in [1.54, 1.807) is 0 Å². The molecule has 27 heavy (non-hydrogen) atoms. The van der Waals surface area contributed by atoms with Crippen molar-refractivity contribution in [1.29, 1.82) is 0 Å². The van der Waals surface area contributed by atoms with Gasteiger partial charge in [0.15, 0.2) is 0 Å². The van der Waals surface area contributed by atoms with E-state index in [9.17, 15) is 19.7 Å². The van der Waals surface area contributed by atoms with Gasteiger partial charge in [-0.1, -0.05) is 26.7 Å². The zero-order valence-corrected chi connectivity index (χ0v) is 16.0. The van der Waals surface area contributed by atoms with Crippen LogP contribution >= 0.6 is 0 Å². The van der Waals surface area contributed by atoms with Crippen LogP contribution in [0.1, 0.15) is 39.5 Å². The number of nitro groups is 1. The van der Waals surface area contributed by atoms with Crippen LogP contribution in [0.3, 0.4) is 0 Å². The van der Waals surface area contributed by atoms with Crippen molar-refractivity contribution in [2.24, 2.45) is 5.92 Å². The minimum absolute atomic E-state index is 0.0816. The Balaban J connectivity index is 2.06. The number of nitro benzene ring substituents is 1. The first-order chi connectivity index (χ1) is 12.8. The van der Waals surface area contributed by atoms with E-state index in [1.165, 1.54) is 24.3 Å². The van der Waals surface area contributed by atoms with Crippen LogP contribution in [0, 0.1) is 16.0 Å². The van der Waals surface area contributed by atoms with Gasteiger partial charge in [-0.2, -0.15) is 0 Å². The first-order valence-corrected chi connectivity index (χ1v) is 9.30. The fourth-order valence-electron chi connectivity index (χ4n) is 3.14. The molecule has 0 saturated carbocycles. The largest absolute Gasteiger partial charge is 0.425 e. The second kappa shape index (κ2) is 9.45. The highest BCUT2D eigenvalue weighted by atomic mass is 16.6. The monoisotopic (exact) mass is 377 g/mol. The maximum atomic E-state index is 12.7. The van der Waals surface area contributed by atoms with Crippen molar-refractivity contribution in [1.82, 2.24) is 10.2 Å². The lowest BCUT2D eigenvalue weighted by atomic mass is 9.97. The Labute approximate surface area is 159 Å². The highest BCUT2D eigenvalue weighted by Crippen LogP contribution is 2.20. The van der Waals surface area contributed by atoms with Crippen LogP contribution in [0.2, 0.25) is 0 Å². The molecule has 0 spiro atoms. The molecule has 1 aromatic carbocycles. The van der Waals surface area contributed by atoms with Crippen LogP contribution in [-0.2, 0) is 9.59 Å². The van der Waals surface area contributed by atoms with Crippen molar-refractivity contribution in [3.63, 3.8) is 0 Å². The topological polar surface area (TPSA) is 102 Å². The van der Waals surface area contributed by atoms with Gasteiger partial charge in [0.25, 0.3) is 5.69 Å². The van der Waals surface area contributed by atoms with Gasteiger partial charge in [-0.25, -0.2) is 4.79 Å². The van der Waals surface area contributed by atoms with E-state index in [2.05, 4.69) is 5.32 Å². The highest BCUT2D eigenvalue weighted by Gasteiger charge is 2.32. The van der Waals surface area contributed by atoms with Crippen LogP contribution in [0.25, 0.3) is 0 Å². The maximum Gasteiger partial charge on any atom is 0.334 e. The fourth-order valence-corrected chi connectivity index (χ4v) is 3.14. The molecule has 148 valence electrons. The SMILES string of the molecule is CC[C@@H](C)C(NC(=O)[C@H]1CCCCN1C)C(=O)Oc1ccc([N+](=O)[O-])cc1. The second-order valence-corrected chi connectivity index (χ2v) is 7.04. The van der Waals surface area contributed by atoms with Gasteiger partial charge in [0.1, 0.15) is 11.8 Å². The van der Waals surface area contributed by atoms with Gasteiger partial charge in [0, 0.05) is 12.1 Å². The Bertz CT molecular complexity index is 676. The molecule has 1 heterocycles. The van der Waals surface area contributed by atoms with Crippen molar-refractivity contribution in [2.75, 3.05) is 13.6 Å². The predicted octanol–water partition coefficient (Wildman–Crippen LogP) is 2.52. The number of esters is 1. The molecular formula is C19H27N3O5. The predicted molar refractivity (Wildman–Crippen MR) is 100 cm³/mol. The average Bonchev–Trinajstić information content (AvgIpc) is 2.66. The number of benzene rings is 1. The molecule has 0 aromatic heterocycles. The Morgan fingerprint density at radius 2 is 2.00 bits per heavy atom. The number of carbonyl (C=O) groups excluding carboxylic acids is 2. The number of ether oxygens (including phenoxy) is 1. The van der Waals surface area contributed by atoms with Crippen molar-refractivity contribution >= 4 is 17.6 Å². The number of likely N-dealkylation sites (N-methyl/N-ethyl adjacent to an activating group) is 1. The molecule has 1 aromatic rings. The molecule has 1 aliphatic heterocycles. The Morgan fingerprint density at radius 3 is 2.56 bits per heavy atom. The lowest BCUT2D eigenvalue weighted by Gasteiger charge is -2.33. The van der Waals surface area contributed by atoms with E-state index in [-0.39, 0.29) is 29.3 Å². The quantitative estimate of drug-likeness (QED) is 0.339. The standard InChI is InChI=1S/C19H27N3O5/c1-4-13(2)17(20-18(23)16-7-5-6-12-21(16)3)19(24)27-15-10-8-14(9-11-15)22(25)26/h8-11,13,16-17H,4-7,12H2,1-3H3,(H,20,23)/t13-,16-,17?/m1/s1. The summed E-state index contributed by atoms with van der Waals surface area (Å²) in [4.78, 5) is 37.5. The molecule has 2 rings (SSSR count). The summed E-state index contributed by atoms with van der Waals surface area (Å²) in [5.74, 6) is -0.621. The molecule has 0 bridgehead atoms. The van der Waals surface area contributed by atoms with E-state index < -0.39 is 16.9 Å². The van der Waals surface area contributed by atoms with Crippen molar-refractivity contribution < 1.29 is 19.2 Å². The van der Waals surface area contributed by atoms with Crippen molar-refractivity contribution in [2.45, 2.75) is 51.6 Å². The third-order valence-electron chi connectivity index (χ3n) is 5.10. The summed E-state index contributed by atoms with van der Waals surface area (Å²) in [7, 11) is 1.91. The van der Waals surface area contributed by atoms with Gasteiger partial charge in [-0.3, -0.25) is 19.8 Å². The fraction of sp³-hybridized carbons (Fsp3) is 0.579.